The summed E-state index contributed by atoms with van der Waals surface area (Å²) in [5.41, 5.74) is 2.91. The van der Waals surface area contributed by atoms with Gasteiger partial charge in [0.1, 0.15) is 10.0 Å². The summed E-state index contributed by atoms with van der Waals surface area (Å²) in [5, 5.41) is 1.76. The molecule has 0 radical (unpaired) electrons. The summed E-state index contributed by atoms with van der Waals surface area (Å²) in [5.74, 6) is -0.296. The number of aryl methyl sites for hydroxylation is 1. The molecule has 3 aromatic rings. The zero-order valence-electron chi connectivity index (χ0n) is 13.2. The molecular weight excluding hydrogens is 359 g/mol. The number of rotatable bonds is 3. The lowest BCUT2D eigenvalue weighted by Gasteiger charge is -2.29. The van der Waals surface area contributed by atoms with Gasteiger partial charge in [-0.3, -0.25) is 9.29 Å². The Balaban J connectivity index is 1.75. The number of halogens is 1. The van der Waals surface area contributed by atoms with Gasteiger partial charge in [0.2, 0.25) is 0 Å². The molecule has 1 aliphatic heterocycles. The molecule has 4 rings (SSSR count). The monoisotopic (exact) mass is 374 g/mol. The molecule has 0 atom stereocenters. The molecule has 0 aliphatic carbocycles. The second-order valence-electron chi connectivity index (χ2n) is 5.78. The van der Waals surface area contributed by atoms with Gasteiger partial charge in [-0.1, -0.05) is 6.07 Å². The van der Waals surface area contributed by atoms with E-state index >= 15 is 0 Å². The zero-order chi connectivity index (χ0) is 17.4. The van der Waals surface area contributed by atoms with Crippen LogP contribution in [0.3, 0.4) is 0 Å². The first-order valence-corrected chi connectivity index (χ1v) is 10.2. The number of aromatic nitrogens is 1. The molecule has 0 bridgehead atoms. The highest BCUT2D eigenvalue weighted by Crippen LogP contribution is 2.34. The second kappa shape index (κ2) is 6.24. The van der Waals surface area contributed by atoms with Crippen LogP contribution in [-0.2, 0) is 16.4 Å². The molecule has 0 saturated heterocycles. The van der Waals surface area contributed by atoms with Crippen molar-refractivity contribution < 1.29 is 12.8 Å². The molecule has 1 aliphatic rings. The Labute approximate surface area is 149 Å². The van der Waals surface area contributed by atoms with Crippen molar-refractivity contribution >= 4 is 27.0 Å². The lowest BCUT2D eigenvalue weighted by molar-refractivity contribution is 0.588. The Kier molecular flexibility index (Phi) is 4.05. The minimum Gasteiger partial charge on any atom is -0.264 e. The largest absolute Gasteiger partial charge is 0.273 e. The lowest BCUT2D eigenvalue weighted by atomic mass is 10.1. The number of sulfonamides is 1. The van der Waals surface area contributed by atoms with Crippen molar-refractivity contribution in [3.8, 4) is 11.3 Å². The van der Waals surface area contributed by atoms with Gasteiger partial charge in [-0.25, -0.2) is 12.8 Å². The third-order valence-corrected chi connectivity index (χ3v) is 7.36. The summed E-state index contributed by atoms with van der Waals surface area (Å²) in [4.78, 5) is 4.63. The van der Waals surface area contributed by atoms with Crippen molar-refractivity contribution in [3.63, 3.8) is 0 Å². The Bertz CT molecular complexity index is 1000. The highest BCUT2D eigenvalue weighted by atomic mass is 32.2. The molecule has 0 amide bonds. The second-order valence-corrected chi connectivity index (χ2v) is 8.82. The Morgan fingerprint density at radius 2 is 1.88 bits per heavy atom. The minimum atomic E-state index is -3.55. The van der Waals surface area contributed by atoms with E-state index in [1.165, 1.54) is 27.8 Å². The fourth-order valence-corrected chi connectivity index (χ4v) is 5.60. The van der Waals surface area contributed by atoms with Gasteiger partial charge in [0, 0.05) is 12.1 Å². The highest BCUT2D eigenvalue weighted by Gasteiger charge is 2.30. The number of anilines is 1. The first kappa shape index (κ1) is 16.2. The van der Waals surface area contributed by atoms with Crippen LogP contribution in [0.5, 0.6) is 0 Å². The maximum absolute atomic E-state index is 13.1. The van der Waals surface area contributed by atoms with Crippen LogP contribution in [0, 0.1) is 5.82 Å². The molecule has 4 nitrogen and oxygen atoms in total. The van der Waals surface area contributed by atoms with Crippen molar-refractivity contribution in [3.05, 3.63) is 65.4 Å². The van der Waals surface area contributed by atoms with Gasteiger partial charge in [0.15, 0.2) is 0 Å². The van der Waals surface area contributed by atoms with Crippen LogP contribution >= 0.6 is 11.3 Å². The molecular formula is C18H15FN2O2S2. The predicted molar refractivity (Wildman–Crippen MR) is 96.8 cm³/mol. The fourth-order valence-electron chi connectivity index (χ4n) is 2.97. The van der Waals surface area contributed by atoms with Crippen LogP contribution in [0.15, 0.2) is 58.1 Å². The number of hydrogen-bond acceptors (Lipinski definition) is 4. The highest BCUT2D eigenvalue weighted by molar-refractivity contribution is 7.94. The van der Waals surface area contributed by atoms with Crippen LogP contribution in [-0.4, -0.2) is 19.9 Å². The average molecular weight is 374 g/mol. The van der Waals surface area contributed by atoms with Crippen LogP contribution < -0.4 is 4.31 Å². The number of fused-ring (bicyclic) bond motifs is 1. The van der Waals surface area contributed by atoms with E-state index in [-0.39, 0.29) is 5.82 Å². The van der Waals surface area contributed by atoms with Crippen molar-refractivity contribution in [1.82, 2.24) is 4.98 Å². The summed E-state index contributed by atoms with van der Waals surface area (Å²) in [6, 6.07) is 13.1. The van der Waals surface area contributed by atoms with Crippen LogP contribution in [0.2, 0.25) is 0 Å². The summed E-state index contributed by atoms with van der Waals surface area (Å²) >= 11 is 1.21. The van der Waals surface area contributed by atoms with Gasteiger partial charge in [0.05, 0.1) is 17.1 Å². The molecule has 3 heterocycles. The quantitative estimate of drug-likeness (QED) is 0.694. The normalized spacial score (nSPS) is 14.4. The first-order chi connectivity index (χ1) is 12.1. The zero-order valence-corrected chi connectivity index (χ0v) is 14.9. The van der Waals surface area contributed by atoms with Crippen molar-refractivity contribution in [2.45, 2.75) is 17.1 Å². The van der Waals surface area contributed by atoms with E-state index in [9.17, 15) is 12.8 Å². The predicted octanol–water partition coefficient (Wildman–Crippen LogP) is 4.09. The van der Waals surface area contributed by atoms with Crippen molar-refractivity contribution in [1.29, 1.82) is 0 Å². The summed E-state index contributed by atoms with van der Waals surface area (Å²) in [6.45, 7) is 0.449. The summed E-state index contributed by atoms with van der Waals surface area (Å²) in [6.07, 6.45) is 1.44. The van der Waals surface area contributed by atoms with Gasteiger partial charge in [-0.05, 0) is 60.7 Å². The summed E-state index contributed by atoms with van der Waals surface area (Å²) in [7, 11) is -3.55. The number of thiophene rings is 1. The van der Waals surface area contributed by atoms with Crippen molar-refractivity contribution in [2.24, 2.45) is 0 Å². The molecule has 0 saturated carbocycles. The molecule has 0 fully saturated rings. The smallest absolute Gasteiger partial charge is 0.264 e. The van der Waals surface area contributed by atoms with Gasteiger partial charge in [-0.2, -0.15) is 0 Å². The van der Waals surface area contributed by atoms with Crippen LogP contribution in [0.1, 0.15) is 12.1 Å². The number of pyridine rings is 1. The molecule has 0 unspecified atom stereocenters. The van der Waals surface area contributed by atoms with Crippen molar-refractivity contribution in [2.75, 3.05) is 10.8 Å². The van der Waals surface area contributed by atoms with Gasteiger partial charge in [-0.15, -0.1) is 11.3 Å². The number of benzene rings is 1. The number of hydrogen-bond donors (Lipinski definition) is 0. The van der Waals surface area contributed by atoms with Gasteiger partial charge >= 0.3 is 0 Å². The number of nitrogens with zero attached hydrogens (tertiary/aromatic N) is 2. The molecule has 128 valence electrons. The van der Waals surface area contributed by atoms with E-state index in [0.717, 1.165) is 24.1 Å². The molecule has 7 heteroatoms. The first-order valence-electron chi connectivity index (χ1n) is 7.88. The standard InChI is InChI=1S/C18H15FN2O2S2/c19-14-7-5-13(6-8-14)15-9-10-17-16(20-15)3-1-11-21(17)25(22,23)18-4-2-12-24-18/h2,4-10,12H,1,3,11H2. The SMILES string of the molecule is O=S(=O)(c1cccs1)N1CCCc2nc(-c3ccc(F)cc3)ccc21. The molecule has 0 N–H and O–H groups in total. The Morgan fingerprint density at radius 1 is 1.08 bits per heavy atom. The van der Waals surface area contributed by atoms with E-state index < -0.39 is 10.0 Å². The fraction of sp³-hybridized carbons (Fsp3) is 0.167. The average Bonchev–Trinajstić information content (AvgIpc) is 3.17. The van der Waals surface area contributed by atoms with E-state index in [2.05, 4.69) is 4.98 Å². The maximum atomic E-state index is 13.1. The van der Waals surface area contributed by atoms with E-state index in [1.54, 1.807) is 41.8 Å². The lowest BCUT2D eigenvalue weighted by Crippen LogP contribution is -2.35. The van der Waals surface area contributed by atoms with E-state index in [1.807, 2.05) is 0 Å². The molecule has 25 heavy (non-hydrogen) atoms. The third kappa shape index (κ3) is 2.94. The molecule has 0 spiro atoms. The third-order valence-electron chi connectivity index (χ3n) is 4.17. The van der Waals surface area contributed by atoms with E-state index in [0.29, 0.717) is 22.1 Å². The van der Waals surface area contributed by atoms with Gasteiger partial charge < -0.3 is 0 Å². The minimum absolute atomic E-state index is 0.296. The van der Waals surface area contributed by atoms with Crippen LogP contribution in [0.25, 0.3) is 11.3 Å². The Morgan fingerprint density at radius 3 is 2.60 bits per heavy atom. The Hall–Kier alpha value is -2.25. The molecule has 2 aromatic heterocycles. The topological polar surface area (TPSA) is 50.3 Å². The molecule has 1 aromatic carbocycles. The van der Waals surface area contributed by atoms with Gasteiger partial charge in [0.25, 0.3) is 10.0 Å². The van der Waals surface area contributed by atoms with Crippen LogP contribution in [0.4, 0.5) is 10.1 Å². The maximum Gasteiger partial charge on any atom is 0.273 e. The summed E-state index contributed by atoms with van der Waals surface area (Å²) < 4.78 is 40.6. The van der Waals surface area contributed by atoms with E-state index in [4.69, 9.17) is 0 Å².